The van der Waals surface area contributed by atoms with Gasteiger partial charge in [-0.3, -0.25) is 0 Å². The number of carbonyl (C=O) groups excluding carboxylic acids is 1. The third kappa shape index (κ3) is 3.06. The third-order valence-electron chi connectivity index (χ3n) is 2.17. The van der Waals surface area contributed by atoms with E-state index < -0.39 is 0 Å². The average Bonchev–Trinajstić information content (AvgIpc) is 2.66. The van der Waals surface area contributed by atoms with Gasteiger partial charge in [0.2, 0.25) is 0 Å². The lowest BCUT2D eigenvalue weighted by Gasteiger charge is -1.94. The molecule has 0 amide bonds. The molecule has 2 aromatic rings. The topological polar surface area (TPSA) is 30.0 Å². The number of rotatable bonds is 5. The summed E-state index contributed by atoms with van der Waals surface area (Å²) >= 11 is 3.47. The number of thiazole rings is 1. The van der Waals surface area contributed by atoms with Gasteiger partial charge >= 0.3 is 0 Å². The van der Waals surface area contributed by atoms with Crippen molar-refractivity contribution in [3.63, 3.8) is 0 Å². The second kappa shape index (κ2) is 5.46. The smallest absolute Gasteiger partial charge is 0.151 e. The van der Waals surface area contributed by atoms with Gasteiger partial charge in [0.15, 0.2) is 4.34 Å². The number of nitrogens with zero attached hydrogens (tertiary/aromatic N) is 1. The summed E-state index contributed by atoms with van der Waals surface area (Å²) in [5.41, 5.74) is 1.07. The van der Waals surface area contributed by atoms with Gasteiger partial charge in [-0.15, -0.1) is 11.3 Å². The van der Waals surface area contributed by atoms with Gasteiger partial charge in [-0.25, -0.2) is 4.98 Å². The Kier molecular flexibility index (Phi) is 3.96. The van der Waals surface area contributed by atoms with Gasteiger partial charge in [0, 0.05) is 12.2 Å². The Labute approximate surface area is 103 Å². The van der Waals surface area contributed by atoms with Crippen molar-refractivity contribution >= 4 is 39.1 Å². The molecule has 0 unspecified atom stereocenters. The molecule has 0 saturated heterocycles. The highest BCUT2D eigenvalue weighted by Crippen LogP contribution is 2.29. The van der Waals surface area contributed by atoms with E-state index in [9.17, 15) is 4.79 Å². The molecule has 0 saturated carbocycles. The van der Waals surface area contributed by atoms with Crippen molar-refractivity contribution in [2.24, 2.45) is 0 Å². The van der Waals surface area contributed by atoms with Crippen LogP contribution >= 0.6 is 23.1 Å². The first kappa shape index (κ1) is 11.6. The largest absolute Gasteiger partial charge is 0.300 e. The van der Waals surface area contributed by atoms with Crippen LogP contribution in [0.3, 0.4) is 0 Å². The van der Waals surface area contributed by atoms with Crippen LogP contribution in [0.1, 0.15) is 19.8 Å². The maximum Gasteiger partial charge on any atom is 0.151 e. The van der Waals surface area contributed by atoms with E-state index >= 15 is 0 Å². The van der Waals surface area contributed by atoms with Crippen LogP contribution in [0.5, 0.6) is 0 Å². The van der Waals surface area contributed by atoms with Crippen LogP contribution < -0.4 is 0 Å². The zero-order valence-electron chi connectivity index (χ0n) is 9.10. The second-order valence-corrected chi connectivity index (χ2v) is 5.97. The lowest BCUT2D eigenvalue weighted by atomic mass is 10.3. The molecule has 0 spiro atoms. The van der Waals surface area contributed by atoms with E-state index in [-0.39, 0.29) is 5.78 Å². The molecule has 16 heavy (non-hydrogen) atoms. The molecule has 0 radical (unpaired) electrons. The van der Waals surface area contributed by atoms with E-state index in [0.29, 0.717) is 6.42 Å². The van der Waals surface area contributed by atoms with Crippen LogP contribution in [-0.4, -0.2) is 16.5 Å². The number of Topliss-reactive ketones (excluding diaryl/α,β-unsaturated/α-hetero) is 1. The number of hydrogen-bond acceptors (Lipinski definition) is 4. The Morgan fingerprint density at radius 2 is 2.25 bits per heavy atom. The molecular weight excluding hydrogens is 238 g/mol. The predicted octanol–water partition coefficient (Wildman–Crippen LogP) is 3.76. The minimum Gasteiger partial charge on any atom is -0.300 e. The molecule has 0 aliphatic carbocycles. The van der Waals surface area contributed by atoms with Crippen molar-refractivity contribution in [3.8, 4) is 0 Å². The molecule has 1 heterocycles. The molecule has 0 fully saturated rings. The van der Waals surface area contributed by atoms with Gasteiger partial charge < -0.3 is 4.79 Å². The molecule has 0 N–H and O–H groups in total. The summed E-state index contributed by atoms with van der Waals surface area (Å²) in [7, 11) is 0. The number of hydrogen-bond donors (Lipinski definition) is 0. The van der Waals surface area contributed by atoms with Crippen LogP contribution in [0.25, 0.3) is 10.2 Å². The van der Waals surface area contributed by atoms with Crippen molar-refractivity contribution in [1.82, 2.24) is 4.98 Å². The highest BCUT2D eigenvalue weighted by atomic mass is 32.2. The predicted molar refractivity (Wildman–Crippen MR) is 70.3 cm³/mol. The van der Waals surface area contributed by atoms with Crippen molar-refractivity contribution in [1.29, 1.82) is 0 Å². The molecule has 2 nitrogen and oxygen atoms in total. The minimum absolute atomic E-state index is 0.268. The minimum atomic E-state index is 0.268. The van der Waals surface area contributed by atoms with Gasteiger partial charge in [0.1, 0.15) is 5.78 Å². The van der Waals surface area contributed by atoms with Crippen molar-refractivity contribution in [2.75, 3.05) is 5.75 Å². The standard InChI is InChI=1S/C12H13NOS2/c1-9(14)5-4-8-15-12-13-10-6-2-3-7-11(10)16-12/h2-3,6-7H,4-5,8H2,1H3. The molecule has 0 aliphatic heterocycles. The van der Waals surface area contributed by atoms with Gasteiger partial charge in [-0.1, -0.05) is 23.9 Å². The number of aromatic nitrogens is 1. The first-order valence-corrected chi connectivity index (χ1v) is 7.04. The van der Waals surface area contributed by atoms with Gasteiger partial charge in [-0.05, 0) is 25.5 Å². The van der Waals surface area contributed by atoms with Crippen LogP contribution in [0, 0.1) is 0 Å². The van der Waals surface area contributed by atoms with E-state index in [2.05, 4.69) is 11.1 Å². The van der Waals surface area contributed by atoms with Crippen molar-refractivity contribution in [2.45, 2.75) is 24.1 Å². The highest BCUT2D eigenvalue weighted by molar-refractivity contribution is 8.01. The lowest BCUT2D eigenvalue weighted by molar-refractivity contribution is -0.117. The van der Waals surface area contributed by atoms with E-state index in [1.54, 1.807) is 30.0 Å². The van der Waals surface area contributed by atoms with E-state index in [1.807, 2.05) is 18.2 Å². The number of carbonyl (C=O) groups is 1. The average molecular weight is 251 g/mol. The highest BCUT2D eigenvalue weighted by Gasteiger charge is 2.03. The summed E-state index contributed by atoms with van der Waals surface area (Å²) in [6.07, 6.45) is 1.62. The molecular formula is C12H13NOS2. The fourth-order valence-electron chi connectivity index (χ4n) is 1.39. The molecule has 4 heteroatoms. The molecule has 2 rings (SSSR count). The Bertz CT molecular complexity index is 459. The number of benzene rings is 1. The molecule has 1 aromatic carbocycles. The Morgan fingerprint density at radius 3 is 3.00 bits per heavy atom. The SMILES string of the molecule is CC(=O)CCCSc1nc2ccccc2s1. The second-order valence-electron chi connectivity index (χ2n) is 3.60. The quantitative estimate of drug-likeness (QED) is 0.598. The van der Waals surface area contributed by atoms with Crippen LogP contribution in [-0.2, 0) is 4.79 Å². The number of ketones is 1. The van der Waals surface area contributed by atoms with Gasteiger partial charge in [-0.2, -0.15) is 0 Å². The Morgan fingerprint density at radius 1 is 1.44 bits per heavy atom. The molecule has 0 atom stereocenters. The lowest BCUT2D eigenvalue weighted by Crippen LogP contribution is -1.90. The Hall–Kier alpha value is -0.870. The number of para-hydroxylation sites is 1. The maximum atomic E-state index is 10.8. The van der Waals surface area contributed by atoms with Gasteiger partial charge in [0.25, 0.3) is 0 Å². The normalized spacial score (nSPS) is 10.8. The summed E-state index contributed by atoms with van der Waals surface area (Å²) < 4.78 is 2.33. The monoisotopic (exact) mass is 251 g/mol. The third-order valence-corrected chi connectivity index (χ3v) is 4.44. The maximum absolute atomic E-state index is 10.8. The number of fused-ring (bicyclic) bond motifs is 1. The summed E-state index contributed by atoms with van der Waals surface area (Å²) in [4.78, 5) is 15.3. The first-order chi connectivity index (χ1) is 7.75. The van der Waals surface area contributed by atoms with Gasteiger partial charge in [0.05, 0.1) is 10.2 Å². The zero-order chi connectivity index (χ0) is 11.4. The van der Waals surface area contributed by atoms with Crippen LogP contribution in [0.4, 0.5) is 0 Å². The molecule has 1 aromatic heterocycles. The fraction of sp³-hybridized carbons (Fsp3) is 0.333. The molecule has 84 valence electrons. The van der Waals surface area contributed by atoms with E-state index in [1.165, 1.54) is 4.70 Å². The Balaban J connectivity index is 1.92. The zero-order valence-corrected chi connectivity index (χ0v) is 10.7. The summed E-state index contributed by atoms with van der Waals surface area (Å²) in [5.74, 6) is 1.24. The number of thioether (sulfide) groups is 1. The first-order valence-electron chi connectivity index (χ1n) is 5.23. The summed E-state index contributed by atoms with van der Waals surface area (Å²) in [6, 6.07) is 8.16. The van der Waals surface area contributed by atoms with Crippen molar-refractivity contribution in [3.05, 3.63) is 24.3 Å². The van der Waals surface area contributed by atoms with Crippen LogP contribution in [0.2, 0.25) is 0 Å². The summed E-state index contributed by atoms with van der Waals surface area (Å²) in [5, 5.41) is 0. The molecule has 0 bridgehead atoms. The van der Waals surface area contributed by atoms with Crippen molar-refractivity contribution < 1.29 is 4.79 Å². The molecule has 0 aliphatic rings. The van der Waals surface area contributed by atoms with E-state index in [0.717, 1.165) is 22.0 Å². The van der Waals surface area contributed by atoms with Crippen LogP contribution in [0.15, 0.2) is 28.6 Å². The van der Waals surface area contributed by atoms with E-state index in [4.69, 9.17) is 0 Å². The summed E-state index contributed by atoms with van der Waals surface area (Å²) in [6.45, 7) is 1.64. The fourth-order valence-corrected chi connectivity index (χ4v) is 3.47.